The van der Waals surface area contributed by atoms with Gasteiger partial charge >= 0.3 is 0 Å². The molecule has 0 bridgehead atoms. The van der Waals surface area contributed by atoms with Crippen LogP contribution in [0.3, 0.4) is 0 Å². The van der Waals surface area contributed by atoms with Gasteiger partial charge in [-0.15, -0.1) is 0 Å². The first-order chi connectivity index (χ1) is 15.4. The van der Waals surface area contributed by atoms with E-state index in [1.54, 1.807) is 18.2 Å². The fraction of sp³-hybridized carbons (Fsp3) is 0.120. The van der Waals surface area contributed by atoms with Crippen molar-refractivity contribution in [3.8, 4) is 11.5 Å². The number of amides is 2. The summed E-state index contributed by atoms with van der Waals surface area (Å²) in [5.74, 6) is -0.596. The number of benzene rings is 3. The molecular weight excluding hydrogens is 411 g/mol. The van der Waals surface area contributed by atoms with Crippen LogP contribution in [0.5, 0.6) is 11.5 Å². The second-order valence-electron chi connectivity index (χ2n) is 7.24. The highest BCUT2D eigenvalue weighted by atomic mass is 19.1. The average Bonchev–Trinajstić information content (AvgIpc) is 3.03. The van der Waals surface area contributed by atoms with Gasteiger partial charge in [-0.1, -0.05) is 18.2 Å². The first-order valence-electron chi connectivity index (χ1n) is 9.87. The third-order valence-corrected chi connectivity index (χ3v) is 5.13. The Kier molecular flexibility index (Phi) is 5.64. The van der Waals surface area contributed by atoms with Gasteiger partial charge in [-0.2, -0.15) is 0 Å². The van der Waals surface area contributed by atoms with Crippen molar-refractivity contribution in [1.29, 1.82) is 0 Å². The summed E-state index contributed by atoms with van der Waals surface area (Å²) >= 11 is 0. The molecule has 3 aromatic carbocycles. The van der Waals surface area contributed by atoms with Gasteiger partial charge in [0.15, 0.2) is 11.5 Å². The van der Waals surface area contributed by atoms with E-state index >= 15 is 0 Å². The number of methoxy groups -OCH3 is 2. The Bertz CT molecular complexity index is 1230. The lowest BCUT2D eigenvalue weighted by molar-refractivity contribution is -0.120. The zero-order chi connectivity index (χ0) is 22.8. The summed E-state index contributed by atoms with van der Waals surface area (Å²) in [7, 11) is 3.01. The molecule has 0 radical (unpaired) electrons. The van der Waals surface area contributed by atoms with Crippen molar-refractivity contribution in [1.82, 2.24) is 0 Å². The minimum Gasteiger partial charge on any atom is -0.493 e. The number of halogens is 1. The minimum absolute atomic E-state index is 0.122. The largest absolute Gasteiger partial charge is 0.493 e. The van der Waals surface area contributed by atoms with Crippen LogP contribution in [0.15, 0.2) is 72.4 Å². The third kappa shape index (κ3) is 3.80. The Hall–Kier alpha value is -4.13. The van der Waals surface area contributed by atoms with E-state index in [9.17, 15) is 14.0 Å². The minimum atomic E-state index is -0.534. The highest BCUT2D eigenvalue weighted by Crippen LogP contribution is 2.37. The number of rotatable bonds is 6. The van der Waals surface area contributed by atoms with Gasteiger partial charge in [-0.3, -0.25) is 9.59 Å². The van der Waals surface area contributed by atoms with Gasteiger partial charge in [0.05, 0.1) is 25.5 Å². The van der Waals surface area contributed by atoms with Gasteiger partial charge in [0, 0.05) is 5.69 Å². The summed E-state index contributed by atoms with van der Waals surface area (Å²) in [5.41, 5.74) is 2.73. The standard InChI is InChI=1S/C25H21FN2O4/c1-15-5-4-6-18(13-15)27-23-22(16-7-12-20(31-2)21(14-16)32-3)24(29)28(25(23)30)19-10-8-17(26)9-11-19/h4-14,27H,1-3H3. The fourth-order valence-electron chi connectivity index (χ4n) is 3.60. The molecule has 0 aromatic heterocycles. The van der Waals surface area contributed by atoms with E-state index in [4.69, 9.17) is 9.47 Å². The fourth-order valence-corrected chi connectivity index (χ4v) is 3.60. The molecule has 1 heterocycles. The predicted octanol–water partition coefficient (Wildman–Crippen LogP) is 4.55. The van der Waals surface area contributed by atoms with Crippen LogP contribution in [0.25, 0.3) is 5.57 Å². The monoisotopic (exact) mass is 432 g/mol. The average molecular weight is 432 g/mol. The molecule has 0 atom stereocenters. The summed E-state index contributed by atoms with van der Waals surface area (Å²) in [6.45, 7) is 1.93. The van der Waals surface area contributed by atoms with Crippen LogP contribution in [0, 0.1) is 12.7 Å². The molecule has 0 saturated heterocycles. The number of carbonyl (C=O) groups excluding carboxylic acids is 2. The number of ether oxygens (including phenoxy) is 2. The Balaban J connectivity index is 1.85. The molecule has 1 aliphatic rings. The van der Waals surface area contributed by atoms with Crippen LogP contribution in [-0.4, -0.2) is 26.0 Å². The Morgan fingerprint density at radius 2 is 1.56 bits per heavy atom. The zero-order valence-corrected chi connectivity index (χ0v) is 17.8. The Morgan fingerprint density at radius 3 is 2.22 bits per heavy atom. The number of imide groups is 1. The molecule has 7 heteroatoms. The highest BCUT2D eigenvalue weighted by Gasteiger charge is 2.40. The first kappa shape index (κ1) is 21.1. The zero-order valence-electron chi connectivity index (χ0n) is 17.8. The quantitative estimate of drug-likeness (QED) is 0.579. The second kappa shape index (κ2) is 8.55. The number of nitrogens with one attached hydrogen (secondary N) is 1. The molecule has 0 spiro atoms. The molecule has 1 aliphatic heterocycles. The van der Waals surface area contributed by atoms with Crippen LogP contribution >= 0.6 is 0 Å². The van der Waals surface area contributed by atoms with Crippen molar-refractivity contribution in [3.63, 3.8) is 0 Å². The van der Waals surface area contributed by atoms with Gasteiger partial charge in [0.2, 0.25) is 0 Å². The molecule has 1 N–H and O–H groups in total. The van der Waals surface area contributed by atoms with Crippen molar-refractivity contribution >= 4 is 28.8 Å². The van der Waals surface area contributed by atoms with Gasteiger partial charge in [-0.05, 0) is 66.6 Å². The smallest absolute Gasteiger partial charge is 0.282 e. The van der Waals surface area contributed by atoms with Gasteiger partial charge in [0.25, 0.3) is 11.8 Å². The van der Waals surface area contributed by atoms with Crippen molar-refractivity contribution in [2.75, 3.05) is 24.4 Å². The van der Waals surface area contributed by atoms with Crippen molar-refractivity contribution in [2.45, 2.75) is 6.92 Å². The molecule has 0 aliphatic carbocycles. The molecule has 0 saturated carbocycles. The lowest BCUT2D eigenvalue weighted by Gasteiger charge is -2.15. The van der Waals surface area contributed by atoms with Crippen LogP contribution in [0.2, 0.25) is 0 Å². The molecule has 6 nitrogen and oxygen atoms in total. The maximum Gasteiger partial charge on any atom is 0.282 e. The SMILES string of the molecule is COc1ccc(C2=C(Nc3cccc(C)c3)C(=O)N(c3ccc(F)cc3)C2=O)cc1OC. The maximum absolute atomic E-state index is 13.5. The number of hydrogen-bond donors (Lipinski definition) is 1. The summed E-state index contributed by atoms with van der Waals surface area (Å²) in [4.78, 5) is 27.9. The normalized spacial score (nSPS) is 13.6. The van der Waals surface area contributed by atoms with Gasteiger partial charge < -0.3 is 14.8 Å². The lowest BCUT2D eigenvalue weighted by atomic mass is 10.0. The number of nitrogens with zero attached hydrogens (tertiary/aromatic N) is 1. The molecule has 3 aromatic rings. The van der Waals surface area contributed by atoms with Gasteiger partial charge in [-0.25, -0.2) is 9.29 Å². The molecule has 32 heavy (non-hydrogen) atoms. The predicted molar refractivity (Wildman–Crippen MR) is 120 cm³/mol. The van der Waals surface area contributed by atoms with E-state index in [-0.39, 0.29) is 17.0 Å². The van der Waals surface area contributed by atoms with Crippen molar-refractivity contribution in [3.05, 3.63) is 89.4 Å². The summed E-state index contributed by atoms with van der Waals surface area (Å²) < 4.78 is 24.1. The molecule has 2 amide bonds. The van der Waals surface area contributed by atoms with E-state index in [0.717, 1.165) is 10.5 Å². The first-order valence-corrected chi connectivity index (χ1v) is 9.87. The summed E-state index contributed by atoms with van der Waals surface area (Å²) in [5, 5.41) is 3.11. The Morgan fingerprint density at radius 1 is 0.844 bits per heavy atom. The third-order valence-electron chi connectivity index (χ3n) is 5.13. The van der Waals surface area contributed by atoms with E-state index in [2.05, 4.69) is 5.32 Å². The topological polar surface area (TPSA) is 67.9 Å². The molecular formula is C25H21FN2O4. The highest BCUT2D eigenvalue weighted by molar-refractivity contribution is 6.46. The van der Waals surface area contributed by atoms with Crippen LogP contribution in [-0.2, 0) is 9.59 Å². The van der Waals surface area contributed by atoms with Crippen molar-refractivity contribution < 1.29 is 23.5 Å². The van der Waals surface area contributed by atoms with E-state index < -0.39 is 17.6 Å². The summed E-state index contributed by atoms with van der Waals surface area (Å²) in [6, 6.07) is 17.7. The second-order valence-corrected chi connectivity index (χ2v) is 7.24. The number of carbonyl (C=O) groups is 2. The van der Waals surface area contributed by atoms with E-state index in [1.165, 1.54) is 38.5 Å². The number of aryl methyl sites for hydroxylation is 1. The van der Waals surface area contributed by atoms with Crippen molar-refractivity contribution in [2.24, 2.45) is 0 Å². The molecule has 0 fully saturated rings. The lowest BCUT2D eigenvalue weighted by Crippen LogP contribution is -2.32. The summed E-state index contributed by atoms with van der Waals surface area (Å²) in [6.07, 6.45) is 0. The number of hydrogen-bond acceptors (Lipinski definition) is 5. The maximum atomic E-state index is 13.5. The molecule has 0 unspecified atom stereocenters. The van der Waals surface area contributed by atoms with Crippen LogP contribution < -0.4 is 19.7 Å². The molecule has 162 valence electrons. The molecule has 4 rings (SSSR count). The Labute approximate surface area is 184 Å². The van der Waals surface area contributed by atoms with Gasteiger partial charge in [0.1, 0.15) is 11.5 Å². The van der Waals surface area contributed by atoms with Crippen LogP contribution in [0.1, 0.15) is 11.1 Å². The van der Waals surface area contributed by atoms with E-state index in [1.807, 2.05) is 31.2 Å². The number of anilines is 2. The van der Waals surface area contributed by atoms with Crippen LogP contribution in [0.4, 0.5) is 15.8 Å². The van der Waals surface area contributed by atoms with E-state index in [0.29, 0.717) is 22.7 Å².